The molecule has 2 rings (SSSR count). The number of hydrogen-bond acceptors (Lipinski definition) is 4. The molecule has 2 heterocycles. The Balaban J connectivity index is 2.22. The van der Waals surface area contributed by atoms with E-state index >= 15 is 0 Å². The molecule has 5 nitrogen and oxygen atoms in total. The molecule has 0 aliphatic heterocycles. The Labute approximate surface area is 108 Å². The first-order valence-electron chi connectivity index (χ1n) is 4.73. The maximum absolute atomic E-state index is 11.9. The number of aromatic nitrogens is 3. The van der Waals surface area contributed by atoms with Crippen molar-refractivity contribution in [2.45, 2.75) is 4.90 Å². The molecular formula is C10H9ClN4OS. The van der Waals surface area contributed by atoms with Crippen molar-refractivity contribution in [1.29, 1.82) is 0 Å². The number of hydrogen-bond donors (Lipinski definition) is 2. The van der Waals surface area contributed by atoms with Crippen LogP contribution in [0.5, 0.6) is 0 Å². The molecule has 0 fully saturated rings. The van der Waals surface area contributed by atoms with E-state index in [1.54, 1.807) is 36.1 Å². The number of anilines is 1. The van der Waals surface area contributed by atoms with Gasteiger partial charge in [-0.1, -0.05) is 11.6 Å². The Kier molecular flexibility index (Phi) is 3.35. The predicted octanol–water partition coefficient (Wildman–Crippen LogP) is 2.01. The third-order valence-corrected chi connectivity index (χ3v) is 2.58. The molecule has 17 heavy (non-hydrogen) atoms. The Morgan fingerprint density at radius 3 is 2.88 bits per heavy atom. The Hall–Kier alpha value is -1.53. The second kappa shape index (κ2) is 4.77. The lowest BCUT2D eigenvalue weighted by Gasteiger charge is -2.04. The van der Waals surface area contributed by atoms with Gasteiger partial charge in [-0.15, -0.1) is 12.6 Å². The summed E-state index contributed by atoms with van der Waals surface area (Å²) in [5.74, 6) is 0.0585. The van der Waals surface area contributed by atoms with Crippen molar-refractivity contribution in [3.63, 3.8) is 0 Å². The van der Waals surface area contributed by atoms with E-state index in [9.17, 15) is 4.79 Å². The highest BCUT2D eigenvalue weighted by molar-refractivity contribution is 7.80. The van der Waals surface area contributed by atoms with Crippen molar-refractivity contribution in [3.8, 4) is 0 Å². The summed E-state index contributed by atoms with van der Waals surface area (Å²) in [5.41, 5.74) is 0.173. The molecule has 1 amide bonds. The number of halogens is 1. The number of aryl methyl sites for hydroxylation is 1. The normalized spacial score (nSPS) is 10.3. The van der Waals surface area contributed by atoms with Crippen molar-refractivity contribution >= 4 is 36.0 Å². The summed E-state index contributed by atoms with van der Waals surface area (Å²) >= 11 is 9.87. The van der Waals surface area contributed by atoms with E-state index in [1.807, 2.05) is 0 Å². The Morgan fingerprint density at radius 1 is 1.47 bits per heavy atom. The maximum Gasteiger partial charge on any atom is 0.276 e. The van der Waals surface area contributed by atoms with E-state index in [4.69, 9.17) is 11.6 Å². The van der Waals surface area contributed by atoms with E-state index in [0.717, 1.165) is 0 Å². The maximum atomic E-state index is 11.9. The molecule has 2 aromatic rings. The first-order valence-corrected chi connectivity index (χ1v) is 5.55. The highest BCUT2D eigenvalue weighted by Crippen LogP contribution is 2.16. The Bertz CT molecular complexity index is 569. The highest BCUT2D eigenvalue weighted by atomic mass is 35.5. The van der Waals surface area contributed by atoms with E-state index in [1.165, 1.54) is 0 Å². The third-order valence-electron chi connectivity index (χ3n) is 2.01. The van der Waals surface area contributed by atoms with Crippen LogP contribution in [0, 0.1) is 0 Å². The molecule has 1 N–H and O–H groups in total. The SMILES string of the molecule is Cn1ccc(NC(=O)c2nc(Cl)ccc2S)n1. The topological polar surface area (TPSA) is 59.8 Å². The van der Waals surface area contributed by atoms with Crippen molar-refractivity contribution < 1.29 is 4.79 Å². The molecule has 0 saturated carbocycles. The number of carbonyl (C=O) groups is 1. The average Bonchev–Trinajstić information content (AvgIpc) is 2.67. The van der Waals surface area contributed by atoms with Crippen molar-refractivity contribution in [1.82, 2.24) is 14.8 Å². The molecule has 0 atom stereocenters. The van der Waals surface area contributed by atoms with Gasteiger partial charge in [0.05, 0.1) is 0 Å². The van der Waals surface area contributed by atoms with Crippen LogP contribution < -0.4 is 5.32 Å². The molecule has 0 saturated heterocycles. The largest absolute Gasteiger partial charge is 0.304 e. The lowest BCUT2D eigenvalue weighted by Crippen LogP contribution is -2.15. The zero-order valence-corrected chi connectivity index (χ0v) is 10.5. The number of nitrogens with zero attached hydrogens (tertiary/aromatic N) is 3. The number of thiol groups is 1. The molecule has 0 aliphatic carbocycles. The van der Waals surface area contributed by atoms with Crippen LogP contribution in [-0.4, -0.2) is 20.7 Å². The standard InChI is InChI=1S/C10H9ClN4OS/c1-15-5-4-8(14-15)13-10(16)9-6(17)2-3-7(11)12-9/h2-5,17H,1H3,(H,13,14,16). The summed E-state index contributed by atoms with van der Waals surface area (Å²) in [6.45, 7) is 0. The smallest absolute Gasteiger partial charge is 0.276 e. The molecule has 0 unspecified atom stereocenters. The summed E-state index contributed by atoms with van der Waals surface area (Å²) in [7, 11) is 1.76. The first kappa shape index (κ1) is 11.9. The lowest BCUT2D eigenvalue weighted by molar-refractivity contribution is 0.101. The van der Waals surface area contributed by atoms with Crippen LogP contribution in [0.25, 0.3) is 0 Å². The second-order valence-electron chi connectivity index (χ2n) is 3.33. The van der Waals surface area contributed by atoms with Gasteiger partial charge < -0.3 is 5.32 Å². The molecular weight excluding hydrogens is 260 g/mol. The van der Waals surface area contributed by atoms with Gasteiger partial charge in [0.25, 0.3) is 5.91 Å². The lowest BCUT2D eigenvalue weighted by atomic mass is 10.3. The summed E-state index contributed by atoms with van der Waals surface area (Å²) < 4.78 is 1.59. The van der Waals surface area contributed by atoms with Crippen LogP contribution in [0.15, 0.2) is 29.3 Å². The minimum absolute atomic E-state index is 0.173. The van der Waals surface area contributed by atoms with Crippen molar-refractivity contribution in [3.05, 3.63) is 35.2 Å². The van der Waals surface area contributed by atoms with Crippen LogP contribution >= 0.6 is 24.2 Å². The Morgan fingerprint density at radius 2 is 2.24 bits per heavy atom. The zero-order valence-electron chi connectivity index (χ0n) is 8.88. The second-order valence-corrected chi connectivity index (χ2v) is 4.20. The van der Waals surface area contributed by atoms with E-state index in [0.29, 0.717) is 10.7 Å². The fourth-order valence-corrected chi connectivity index (χ4v) is 1.63. The molecule has 2 aromatic heterocycles. The van der Waals surface area contributed by atoms with Crippen LogP contribution in [0.1, 0.15) is 10.5 Å². The minimum atomic E-state index is -0.392. The van der Waals surface area contributed by atoms with Crippen LogP contribution in [-0.2, 0) is 7.05 Å². The van der Waals surface area contributed by atoms with E-state index in [-0.39, 0.29) is 10.8 Å². The number of nitrogens with one attached hydrogen (secondary N) is 1. The number of pyridine rings is 1. The summed E-state index contributed by atoms with van der Waals surface area (Å²) in [6.07, 6.45) is 1.72. The van der Waals surface area contributed by atoms with Gasteiger partial charge in [0.2, 0.25) is 0 Å². The summed E-state index contributed by atoms with van der Waals surface area (Å²) in [4.78, 5) is 16.2. The minimum Gasteiger partial charge on any atom is -0.304 e. The van der Waals surface area contributed by atoms with Gasteiger partial charge in [-0.3, -0.25) is 9.48 Å². The monoisotopic (exact) mass is 268 g/mol. The molecule has 0 aromatic carbocycles. The van der Waals surface area contributed by atoms with E-state index in [2.05, 4.69) is 28.0 Å². The molecule has 0 aliphatic rings. The number of carbonyl (C=O) groups excluding carboxylic acids is 1. The quantitative estimate of drug-likeness (QED) is 0.647. The van der Waals surface area contributed by atoms with Gasteiger partial charge in [0.15, 0.2) is 5.82 Å². The van der Waals surface area contributed by atoms with Crippen molar-refractivity contribution in [2.75, 3.05) is 5.32 Å². The molecule has 0 radical (unpaired) electrons. The van der Waals surface area contributed by atoms with Crippen LogP contribution in [0.2, 0.25) is 5.15 Å². The molecule has 7 heteroatoms. The van der Waals surface area contributed by atoms with Gasteiger partial charge in [0.1, 0.15) is 10.8 Å². The third kappa shape index (κ3) is 2.78. The average molecular weight is 269 g/mol. The van der Waals surface area contributed by atoms with Gasteiger partial charge in [0, 0.05) is 24.2 Å². The first-order chi connectivity index (χ1) is 8.06. The van der Waals surface area contributed by atoms with Gasteiger partial charge >= 0.3 is 0 Å². The molecule has 88 valence electrons. The van der Waals surface area contributed by atoms with Gasteiger partial charge in [-0.25, -0.2) is 4.98 Å². The highest BCUT2D eigenvalue weighted by Gasteiger charge is 2.13. The van der Waals surface area contributed by atoms with Crippen LogP contribution in [0.4, 0.5) is 5.82 Å². The van der Waals surface area contributed by atoms with Gasteiger partial charge in [-0.2, -0.15) is 5.10 Å². The van der Waals surface area contributed by atoms with Crippen molar-refractivity contribution in [2.24, 2.45) is 7.05 Å². The van der Waals surface area contributed by atoms with E-state index < -0.39 is 5.91 Å². The van der Waals surface area contributed by atoms with Gasteiger partial charge in [-0.05, 0) is 12.1 Å². The number of amides is 1. The fraction of sp³-hybridized carbons (Fsp3) is 0.100. The molecule has 0 bridgehead atoms. The fourth-order valence-electron chi connectivity index (χ4n) is 1.25. The summed E-state index contributed by atoms with van der Waals surface area (Å²) in [5, 5.41) is 6.88. The molecule has 0 spiro atoms. The summed E-state index contributed by atoms with van der Waals surface area (Å²) in [6, 6.07) is 4.87. The zero-order chi connectivity index (χ0) is 12.4. The number of rotatable bonds is 2. The van der Waals surface area contributed by atoms with Crippen LogP contribution in [0.3, 0.4) is 0 Å². The predicted molar refractivity (Wildman–Crippen MR) is 67.7 cm³/mol.